The summed E-state index contributed by atoms with van der Waals surface area (Å²) in [7, 11) is 0. The Hall–Kier alpha value is -0.980. The van der Waals surface area contributed by atoms with Crippen LogP contribution in [-0.2, 0) is 4.79 Å². The SMILES string of the molecule is Cc1ccc(NC(=O)CSc2cc(Br)ccc2N)c(Br)c1. The maximum atomic E-state index is 12.0. The maximum absolute atomic E-state index is 12.0. The first-order valence-corrected chi connectivity index (χ1v) is 8.76. The van der Waals surface area contributed by atoms with E-state index >= 15 is 0 Å². The lowest BCUT2D eigenvalue weighted by Crippen LogP contribution is -2.14. The first-order valence-electron chi connectivity index (χ1n) is 6.19. The summed E-state index contributed by atoms with van der Waals surface area (Å²) in [6, 6.07) is 11.4. The molecule has 21 heavy (non-hydrogen) atoms. The van der Waals surface area contributed by atoms with Gasteiger partial charge in [-0.25, -0.2) is 0 Å². The number of anilines is 2. The molecule has 0 aliphatic carbocycles. The van der Waals surface area contributed by atoms with Crippen molar-refractivity contribution in [2.75, 3.05) is 16.8 Å². The van der Waals surface area contributed by atoms with Crippen LogP contribution < -0.4 is 11.1 Å². The summed E-state index contributed by atoms with van der Waals surface area (Å²) in [4.78, 5) is 12.9. The van der Waals surface area contributed by atoms with Crippen molar-refractivity contribution in [2.45, 2.75) is 11.8 Å². The molecule has 0 aliphatic heterocycles. The lowest BCUT2D eigenvalue weighted by molar-refractivity contribution is -0.113. The van der Waals surface area contributed by atoms with Gasteiger partial charge in [-0.05, 0) is 58.7 Å². The van der Waals surface area contributed by atoms with Crippen LogP contribution >= 0.6 is 43.6 Å². The molecule has 0 heterocycles. The molecular formula is C15H14Br2N2OS. The molecule has 3 N–H and O–H groups in total. The van der Waals surface area contributed by atoms with Gasteiger partial charge in [-0.2, -0.15) is 0 Å². The zero-order valence-electron chi connectivity index (χ0n) is 11.3. The normalized spacial score (nSPS) is 10.4. The van der Waals surface area contributed by atoms with Gasteiger partial charge in [0, 0.05) is 19.5 Å². The highest BCUT2D eigenvalue weighted by Crippen LogP contribution is 2.29. The van der Waals surface area contributed by atoms with E-state index in [9.17, 15) is 4.79 Å². The Labute approximate surface area is 144 Å². The standard InChI is InChI=1S/C15H14Br2N2OS/c1-9-2-5-13(11(17)6-9)19-15(20)8-21-14-7-10(16)3-4-12(14)18/h2-7H,8,18H2,1H3,(H,19,20). The summed E-state index contributed by atoms with van der Waals surface area (Å²) in [6.07, 6.45) is 0. The van der Waals surface area contributed by atoms with Gasteiger partial charge in [0.15, 0.2) is 0 Å². The predicted octanol–water partition coefficient (Wildman–Crippen LogP) is 4.83. The van der Waals surface area contributed by atoms with E-state index in [1.165, 1.54) is 11.8 Å². The molecule has 2 aromatic rings. The van der Waals surface area contributed by atoms with Gasteiger partial charge in [-0.15, -0.1) is 11.8 Å². The number of nitrogen functional groups attached to an aromatic ring is 1. The van der Waals surface area contributed by atoms with Crippen molar-refractivity contribution in [3.8, 4) is 0 Å². The third-order valence-corrected chi connectivity index (χ3v) is 4.95. The van der Waals surface area contributed by atoms with E-state index in [-0.39, 0.29) is 5.91 Å². The number of amides is 1. The minimum absolute atomic E-state index is 0.0658. The third kappa shape index (κ3) is 4.76. The molecule has 0 fully saturated rings. The molecule has 0 atom stereocenters. The molecule has 0 radical (unpaired) electrons. The highest BCUT2D eigenvalue weighted by Gasteiger charge is 2.08. The predicted molar refractivity (Wildman–Crippen MR) is 96.8 cm³/mol. The Morgan fingerprint density at radius 3 is 2.71 bits per heavy atom. The first kappa shape index (κ1) is 16.4. The number of rotatable bonds is 4. The van der Waals surface area contributed by atoms with Crippen molar-refractivity contribution in [3.05, 3.63) is 50.9 Å². The van der Waals surface area contributed by atoms with Gasteiger partial charge in [-0.3, -0.25) is 4.79 Å². The van der Waals surface area contributed by atoms with Crippen LogP contribution in [-0.4, -0.2) is 11.7 Å². The smallest absolute Gasteiger partial charge is 0.234 e. The minimum atomic E-state index is -0.0658. The molecule has 1 amide bonds. The highest BCUT2D eigenvalue weighted by atomic mass is 79.9. The number of thioether (sulfide) groups is 1. The van der Waals surface area contributed by atoms with Gasteiger partial charge >= 0.3 is 0 Å². The van der Waals surface area contributed by atoms with Crippen LogP contribution in [0.4, 0.5) is 11.4 Å². The summed E-state index contributed by atoms with van der Waals surface area (Å²) < 4.78 is 1.82. The second kappa shape index (κ2) is 7.33. The Balaban J connectivity index is 1.97. The lowest BCUT2D eigenvalue weighted by Gasteiger charge is -2.09. The molecule has 2 aromatic carbocycles. The molecular weight excluding hydrogens is 416 g/mol. The number of carbonyl (C=O) groups excluding carboxylic acids is 1. The number of benzene rings is 2. The number of hydrogen-bond acceptors (Lipinski definition) is 3. The molecule has 0 unspecified atom stereocenters. The van der Waals surface area contributed by atoms with Crippen molar-refractivity contribution < 1.29 is 4.79 Å². The summed E-state index contributed by atoms with van der Waals surface area (Å²) in [5.41, 5.74) is 8.47. The van der Waals surface area contributed by atoms with Gasteiger partial charge in [0.05, 0.1) is 11.4 Å². The third-order valence-electron chi connectivity index (χ3n) is 2.73. The molecule has 3 nitrogen and oxygen atoms in total. The number of nitrogens with two attached hydrogens (primary N) is 1. The van der Waals surface area contributed by atoms with Gasteiger partial charge in [0.25, 0.3) is 0 Å². The molecule has 2 rings (SSSR count). The van der Waals surface area contributed by atoms with Crippen LogP contribution in [0.3, 0.4) is 0 Å². The van der Waals surface area contributed by atoms with Crippen LogP contribution in [0.1, 0.15) is 5.56 Å². The quantitative estimate of drug-likeness (QED) is 0.540. The topological polar surface area (TPSA) is 55.1 Å². The zero-order chi connectivity index (χ0) is 15.4. The fourth-order valence-electron chi connectivity index (χ4n) is 1.68. The van der Waals surface area contributed by atoms with Crippen molar-refractivity contribution in [2.24, 2.45) is 0 Å². The first-order chi connectivity index (χ1) is 9.95. The molecule has 0 aliphatic rings. The highest BCUT2D eigenvalue weighted by molar-refractivity contribution is 9.10. The van der Waals surface area contributed by atoms with Crippen LogP contribution in [0, 0.1) is 6.92 Å². The monoisotopic (exact) mass is 428 g/mol. The maximum Gasteiger partial charge on any atom is 0.234 e. The average Bonchev–Trinajstić information content (AvgIpc) is 2.43. The van der Waals surface area contributed by atoms with Crippen LogP contribution in [0.15, 0.2) is 50.2 Å². The Morgan fingerprint density at radius 1 is 1.24 bits per heavy atom. The Kier molecular flexibility index (Phi) is 5.72. The number of carbonyl (C=O) groups is 1. The summed E-state index contributed by atoms with van der Waals surface area (Å²) in [6.45, 7) is 2.00. The van der Waals surface area contributed by atoms with Gasteiger partial charge < -0.3 is 11.1 Å². The van der Waals surface area contributed by atoms with E-state index in [4.69, 9.17) is 5.73 Å². The summed E-state index contributed by atoms with van der Waals surface area (Å²) >= 11 is 8.26. The van der Waals surface area contributed by atoms with Crippen molar-refractivity contribution in [3.63, 3.8) is 0 Å². The van der Waals surface area contributed by atoms with Crippen molar-refractivity contribution in [1.82, 2.24) is 0 Å². The largest absolute Gasteiger partial charge is 0.398 e. The van der Waals surface area contributed by atoms with E-state index in [1.54, 1.807) is 0 Å². The molecule has 0 bridgehead atoms. The number of halogens is 2. The summed E-state index contributed by atoms with van der Waals surface area (Å²) in [5.74, 6) is 0.241. The van der Waals surface area contributed by atoms with Gasteiger partial charge in [-0.1, -0.05) is 22.0 Å². The van der Waals surface area contributed by atoms with Gasteiger partial charge in [0.2, 0.25) is 5.91 Å². The van der Waals surface area contributed by atoms with Crippen molar-refractivity contribution in [1.29, 1.82) is 0 Å². The molecule has 110 valence electrons. The average molecular weight is 430 g/mol. The molecule has 6 heteroatoms. The molecule has 0 saturated carbocycles. The van der Waals surface area contributed by atoms with E-state index in [2.05, 4.69) is 37.2 Å². The van der Waals surface area contributed by atoms with Crippen LogP contribution in [0.2, 0.25) is 0 Å². The lowest BCUT2D eigenvalue weighted by atomic mass is 10.2. The van der Waals surface area contributed by atoms with Crippen molar-refractivity contribution >= 4 is 60.9 Å². The second-order valence-corrected chi connectivity index (χ2v) is 7.29. The fourth-order valence-corrected chi connectivity index (χ4v) is 3.59. The van der Waals surface area contributed by atoms with E-state index in [1.807, 2.05) is 43.3 Å². The molecule has 0 spiro atoms. The molecule has 0 aromatic heterocycles. The van der Waals surface area contributed by atoms with Crippen LogP contribution in [0.25, 0.3) is 0 Å². The van der Waals surface area contributed by atoms with Gasteiger partial charge in [0.1, 0.15) is 0 Å². The fraction of sp³-hybridized carbons (Fsp3) is 0.133. The van der Waals surface area contributed by atoms with Crippen LogP contribution in [0.5, 0.6) is 0 Å². The molecule has 0 saturated heterocycles. The summed E-state index contributed by atoms with van der Waals surface area (Å²) in [5, 5.41) is 2.88. The number of hydrogen-bond donors (Lipinski definition) is 2. The Morgan fingerprint density at radius 2 is 2.00 bits per heavy atom. The minimum Gasteiger partial charge on any atom is -0.398 e. The second-order valence-electron chi connectivity index (χ2n) is 4.50. The van der Waals surface area contributed by atoms with E-state index in [0.717, 1.165) is 25.1 Å². The van der Waals surface area contributed by atoms with E-state index < -0.39 is 0 Å². The number of nitrogens with one attached hydrogen (secondary N) is 1. The van der Waals surface area contributed by atoms with E-state index in [0.29, 0.717) is 11.4 Å². The Bertz CT molecular complexity index is 677. The zero-order valence-corrected chi connectivity index (χ0v) is 15.3. The number of aryl methyl sites for hydroxylation is 1.